The molecule has 2 aromatic rings. The van der Waals surface area contributed by atoms with E-state index in [1.807, 2.05) is 0 Å². The van der Waals surface area contributed by atoms with Crippen LogP contribution < -0.4 is 11.5 Å². The molecule has 0 aliphatic rings. The van der Waals surface area contributed by atoms with E-state index in [2.05, 4.69) is 16.8 Å². The van der Waals surface area contributed by atoms with Crippen LogP contribution in [-0.2, 0) is 4.79 Å². The van der Waals surface area contributed by atoms with Crippen molar-refractivity contribution in [1.29, 1.82) is 0 Å². The summed E-state index contributed by atoms with van der Waals surface area (Å²) in [5, 5.41) is 9.71. The molecule has 0 saturated carbocycles. The first kappa shape index (κ1) is 17.4. The lowest BCUT2D eigenvalue weighted by Crippen LogP contribution is -2.25. The number of nitrogens with zero attached hydrogens (tertiary/aromatic N) is 1. The average Bonchev–Trinajstić information content (AvgIpc) is 2.44. The van der Waals surface area contributed by atoms with Crippen molar-refractivity contribution in [3.05, 3.63) is 35.5 Å². The number of pyridine rings is 1. The third kappa shape index (κ3) is 3.52. The van der Waals surface area contributed by atoms with E-state index in [-0.39, 0.29) is 23.9 Å². The van der Waals surface area contributed by atoms with Crippen LogP contribution in [0.4, 0.5) is 5.69 Å². The number of Topliss-reactive ketones (excluding diaryl/α,β-unsaturated/α-hetero) is 1. The molecule has 0 saturated heterocycles. The van der Waals surface area contributed by atoms with Crippen molar-refractivity contribution in [2.75, 3.05) is 5.73 Å². The highest BCUT2D eigenvalue weighted by Crippen LogP contribution is 2.23. The van der Waals surface area contributed by atoms with E-state index >= 15 is 0 Å². The van der Waals surface area contributed by atoms with Crippen LogP contribution in [0.3, 0.4) is 0 Å². The number of carbonyl (C=O) groups is 2. The van der Waals surface area contributed by atoms with E-state index in [9.17, 15) is 9.59 Å². The summed E-state index contributed by atoms with van der Waals surface area (Å²) in [6.07, 6.45) is 0. The number of carboxylic acids is 1. The van der Waals surface area contributed by atoms with Crippen LogP contribution in [0.25, 0.3) is 10.9 Å². The Bertz CT molecular complexity index is 809. The van der Waals surface area contributed by atoms with E-state index in [1.165, 1.54) is 13.0 Å². The number of halogens is 1. The van der Waals surface area contributed by atoms with E-state index < -0.39 is 12.0 Å². The molecule has 6 nitrogen and oxygen atoms in total. The normalized spacial score (nSPS) is 11.0. The zero-order chi connectivity index (χ0) is 15.6. The number of hydrogen-bond acceptors (Lipinski definition) is 5. The Labute approximate surface area is 132 Å². The number of rotatable bonds is 2. The fraction of sp³-hybridized carbons (Fsp3) is 0.133. The van der Waals surface area contributed by atoms with Gasteiger partial charge in [-0.1, -0.05) is 24.0 Å². The number of benzene rings is 1. The quantitative estimate of drug-likeness (QED) is 0.565. The maximum Gasteiger partial charge on any atom is 0.354 e. The van der Waals surface area contributed by atoms with Crippen LogP contribution in [-0.4, -0.2) is 27.9 Å². The number of aromatic nitrogens is 1. The van der Waals surface area contributed by atoms with Gasteiger partial charge < -0.3 is 16.6 Å². The van der Waals surface area contributed by atoms with Crippen LogP contribution >= 0.6 is 12.4 Å². The zero-order valence-electron chi connectivity index (χ0n) is 11.7. The third-order valence-corrected chi connectivity index (χ3v) is 2.89. The minimum atomic E-state index is -1.18. The van der Waals surface area contributed by atoms with E-state index in [1.54, 1.807) is 18.2 Å². The molecule has 0 amide bonds. The summed E-state index contributed by atoms with van der Waals surface area (Å²) in [7, 11) is 0. The molecule has 0 aliphatic carbocycles. The maximum atomic E-state index is 11.1. The Morgan fingerprint density at radius 2 is 2.05 bits per heavy atom. The van der Waals surface area contributed by atoms with Crippen molar-refractivity contribution in [3.63, 3.8) is 0 Å². The second-order valence-electron chi connectivity index (χ2n) is 4.46. The SMILES string of the molecule is CC(=O)C(N)C#Cc1cc(C(=O)O)nc2c(N)cccc12.Cl. The predicted molar refractivity (Wildman–Crippen MR) is 85.9 cm³/mol. The van der Waals surface area contributed by atoms with Crippen molar-refractivity contribution in [1.82, 2.24) is 4.98 Å². The van der Waals surface area contributed by atoms with Crippen molar-refractivity contribution in [2.45, 2.75) is 13.0 Å². The van der Waals surface area contributed by atoms with Gasteiger partial charge in [0.05, 0.1) is 11.2 Å². The van der Waals surface area contributed by atoms with Gasteiger partial charge >= 0.3 is 5.97 Å². The van der Waals surface area contributed by atoms with Gasteiger partial charge in [0.15, 0.2) is 5.78 Å². The average molecular weight is 320 g/mol. The Kier molecular flexibility index (Phi) is 5.46. The summed E-state index contributed by atoms with van der Waals surface area (Å²) in [6, 6.07) is 5.50. The van der Waals surface area contributed by atoms with Crippen LogP contribution in [0.5, 0.6) is 0 Å². The third-order valence-electron chi connectivity index (χ3n) is 2.89. The summed E-state index contributed by atoms with van der Waals surface area (Å²) >= 11 is 0. The van der Waals surface area contributed by atoms with Gasteiger partial charge in [-0.05, 0) is 19.1 Å². The number of ketones is 1. The van der Waals surface area contributed by atoms with Gasteiger partial charge in [0.2, 0.25) is 0 Å². The minimum absolute atomic E-state index is 0. The van der Waals surface area contributed by atoms with Gasteiger partial charge in [0.25, 0.3) is 0 Å². The van der Waals surface area contributed by atoms with Gasteiger partial charge in [-0.3, -0.25) is 4.79 Å². The Balaban J connectivity index is 0.00000242. The summed E-state index contributed by atoms with van der Waals surface area (Å²) in [5.74, 6) is 3.88. The Morgan fingerprint density at radius 3 is 2.64 bits per heavy atom. The molecular formula is C15H14ClN3O3. The number of para-hydroxylation sites is 1. The topological polar surface area (TPSA) is 119 Å². The molecule has 0 fully saturated rings. The first-order valence-electron chi connectivity index (χ1n) is 6.10. The highest BCUT2D eigenvalue weighted by molar-refractivity contribution is 5.97. The summed E-state index contributed by atoms with van der Waals surface area (Å²) < 4.78 is 0. The van der Waals surface area contributed by atoms with Crippen LogP contribution in [0, 0.1) is 11.8 Å². The molecule has 0 bridgehead atoms. The molecule has 1 heterocycles. The molecule has 1 aromatic carbocycles. The lowest BCUT2D eigenvalue weighted by atomic mass is 10.1. The number of aromatic carboxylic acids is 1. The molecule has 1 atom stereocenters. The molecule has 0 aliphatic heterocycles. The second kappa shape index (κ2) is 6.89. The molecule has 114 valence electrons. The number of carbonyl (C=O) groups excluding carboxylic acids is 1. The predicted octanol–water partition coefficient (Wildman–Crippen LogP) is 1.20. The number of hydrogen-bond donors (Lipinski definition) is 3. The summed E-state index contributed by atoms with van der Waals surface area (Å²) in [6.45, 7) is 1.34. The molecule has 7 heteroatoms. The number of fused-ring (bicyclic) bond motifs is 1. The van der Waals surface area contributed by atoms with E-state index in [0.717, 1.165) is 0 Å². The van der Waals surface area contributed by atoms with Crippen molar-refractivity contribution in [3.8, 4) is 11.8 Å². The first-order chi connectivity index (χ1) is 9.90. The molecule has 0 radical (unpaired) electrons. The monoisotopic (exact) mass is 319 g/mol. The van der Waals surface area contributed by atoms with Crippen LogP contribution in [0.2, 0.25) is 0 Å². The standard InChI is InChI=1S/C15H13N3O3.ClH/c1-8(19)11(16)6-5-9-7-13(15(20)21)18-14-10(9)3-2-4-12(14)17;/h2-4,7,11H,16-17H2,1H3,(H,20,21);1H. The maximum absolute atomic E-state index is 11.1. The van der Waals surface area contributed by atoms with E-state index in [4.69, 9.17) is 16.6 Å². The fourth-order valence-corrected chi connectivity index (χ4v) is 1.74. The molecule has 2 rings (SSSR count). The smallest absolute Gasteiger partial charge is 0.354 e. The number of anilines is 1. The van der Waals surface area contributed by atoms with Gasteiger partial charge in [0.1, 0.15) is 11.7 Å². The van der Waals surface area contributed by atoms with Crippen LogP contribution in [0.1, 0.15) is 23.0 Å². The second-order valence-corrected chi connectivity index (χ2v) is 4.46. The molecular weight excluding hydrogens is 306 g/mol. The van der Waals surface area contributed by atoms with Gasteiger partial charge in [-0.15, -0.1) is 12.4 Å². The lowest BCUT2D eigenvalue weighted by molar-refractivity contribution is -0.117. The van der Waals surface area contributed by atoms with Gasteiger partial charge in [0, 0.05) is 10.9 Å². The molecule has 0 spiro atoms. The molecule has 5 N–H and O–H groups in total. The summed E-state index contributed by atoms with van der Waals surface area (Å²) in [4.78, 5) is 26.2. The zero-order valence-corrected chi connectivity index (χ0v) is 12.5. The number of nitrogens with two attached hydrogens (primary N) is 2. The summed E-state index contributed by atoms with van der Waals surface area (Å²) in [5.41, 5.74) is 12.3. The Morgan fingerprint density at radius 1 is 1.36 bits per heavy atom. The first-order valence-corrected chi connectivity index (χ1v) is 6.10. The minimum Gasteiger partial charge on any atom is -0.477 e. The van der Waals surface area contributed by atoms with Gasteiger partial charge in [-0.2, -0.15) is 0 Å². The van der Waals surface area contributed by atoms with E-state index in [0.29, 0.717) is 22.2 Å². The highest BCUT2D eigenvalue weighted by Gasteiger charge is 2.12. The molecule has 1 unspecified atom stereocenters. The highest BCUT2D eigenvalue weighted by atomic mass is 35.5. The van der Waals surface area contributed by atoms with Crippen molar-refractivity contribution >= 4 is 40.7 Å². The largest absolute Gasteiger partial charge is 0.477 e. The van der Waals surface area contributed by atoms with Crippen molar-refractivity contribution in [2.24, 2.45) is 5.73 Å². The molecule has 22 heavy (non-hydrogen) atoms. The number of nitrogen functional groups attached to an aromatic ring is 1. The fourth-order valence-electron chi connectivity index (χ4n) is 1.74. The lowest BCUT2D eigenvalue weighted by Gasteiger charge is -2.05. The number of carboxylic acid groups (broad SMARTS) is 1. The molecule has 1 aromatic heterocycles. The Hall–Kier alpha value is -2.62. The van der Waals surface area contributed by atoms with Crippen LogP contribution in [0.15, 0.2) is 24.3 Å². The van der Waals surface area contributed by atoms with Crippen molar-refractivity contribution < 1.29 is 14.7 Å². The van der Waals surface area contributed by atoms with Gasteiger partial charge in [-0.25, -0.2) is 9.78 Å².